The summed E-state index contributed by atoms with van der Waals surface area (Å²) in [6, 6.07) is 22.5. The second-order valence-electron chi connectivity index (χ2n) is 13.2. The fraction of sp³-hybridized carbons (Fsp3) is 0.395. The lowest BCUT2D eigenvalue weighted by molar-refractivity contribution is -0.145. The van der Waals surface area contributed by atoms with Crippen LogP contribution in [0.1, 0.15) is 64.2 Å². The molecule has 0 unspecified atom stereocenters. The summed E-state index contributed by atoms with van der Waals surface area (Å²) in [5.41, 5.74) is 7.27. The first-order chi connectivity index (χ1) is 23.7. The molecule has 0 saturated carbocycles. The van der Waals surface area contributed by atoms with Crippen molar-refractivity contribution in [2.24, 2.45) is 11.7 Å². The minimum Gasteiger partial charge on any atom is -0.489 e. The van der Waals surface area contributed by atoms with Gasteiger partial charge in [0.25, 0.3) is 0 Å². The Balaban J connectivity index is 1.66. The Morgan fingerprint density at radius 3 is 1.82 bits per heavy atom. The first-order valence-corrected chi connectivity index (χ1v) is 16.5. The van der Waals surface area contributed by atoms with Crippen LogP contribution in [0.4, 0.5) is 4.79 Å². The second-order valence-corrected chi connectivity index (χ2v) is 13.2. The van der Waals surface area contributed by atoms with Gasteiger partial charge in [0.15, 0.2) is 0 Å². The maximum Gasteiger partial charge on any atom is 0.408 e. The minimum atomic E-state index is -1.19. The molecule has 3 aromatic carbocycles. The molecule has 0 spiro atoms. The van der Waals surface area contributed by atoms with Gasteiger partial charge in [-0.25, -0.2) is 4.79 Å². The molecule has 12 heteroatoms. The number of hydrogen-bond acceptors (Lipinski definition) is 8. The highest BCUT2D eigenvalue weighted by atomic mass is 16.6. The molecule has 3 rings (SSSR count). The molecule has 0 bridgehead atoms. The van der Waals surface area contributed by atoms with E-state index >= 15 is 0 Å². The third-order valence-corrected chi connectivity index (χ3v) is 7.41. The van der Waals surface area contributed by atoms with Crippen molar-refractivity contribution in [2.45, 2.75) is 90.8 Å². The van der Waals surface area contributed by atoms with Gasteiger partial charge in [-0.15, -0.1) is 0 Å². The van der Waals surface area contributed by atoms with E-state index < -0.39 is 59.4 Å². The summed E-state index contributed by atoms with van der Waals surface area (Å²) in [6.07, 6.45) is -0.997. The van der Waals surface area contributed by atoms with E-state index in [0.717, 1.165) is 11.1 Å². The van der Waals surface area contributed by atoms with E-state index in [0.29, 0.717) is 17.9 Å². The lowest BCUT2D eigenvalue weighted by Crippen LogP contribution is -2.58. The summed E-state index contributed by atoms with van der Waals surface area (Å²) >= 11 is 0. The van der Waals surface area contributed by atoms with E-state index in [1.807, 2.05) is 60.7 Å². The number of amides is 4. The lowest BCUT2D eigenvalue weighted by Gasteiger charge is -2.27. The molecule has 50 heavy (non-hydrogen) atoms. The van der Waals surface area contributed by atoms with Gasteiger partial charge >= 0.3 is 12.1 Å². The number of carbonyl (C=O) groups excluding carboxylic acids is 5. The quantitative estimate of drug-likeness (QED) is 0.152. The number of hydrogen-bond donors (Lipinski definition) is 4. The predicted molar refractivity (Wildman–Crippen MR) is 187 cm³/mol. The van der Waals surface area contributed by atoms with Crippen molar-refractivity contribution in [3.05, 3.63) is 102 Å². The summed E-state index contributed by atoms with van der Waals surface area (Å²) in [5.74, 6) is -2.52. The van der Waals surface area contributed by atoms with Crippen molar-refractivity contribution in [1.29, 1.82) is 0 Å². The summed E-state index contributed by atoms with van der Waals surface area (Å²) in [6.45, 7) is 9.00. The van der Waals surface area contributed by atoms with E-state index in [1.165, 1.54) is 0 Å². The summed E-state index contributed by atoms with van der Waals surface area (Å²) < 4.78 is 16.5. The minimum absolute atomic E-state index is 0.0689. The van der Waals surface area contributed by atoms with Crippen molar-refractivity contribution < 1.29 is 38.2 Å². The Morgan fingerprint density at radius 2 is 1.28 bits per heavy atom. The molecular weight excluding hydrogens is 640 g/mol. The maximum atomic E-state index is 13.7. The molecule has 0 aliphatic carbocycles. The first kappa shape index (κ1) is 39.1. The van der Waals surface area contributed by atoms with Gasteiger partial charge in [0, 0.05) is 12.8 Å². The van der Waals surface area contributed by atoms with Crippen LogP contribution in [-0.4, -0.2) is 53.5 Å². The van der Waals surface area contributed by atoms with Gasteiger partial charge in [-0.3, -0.25) is 19.2 Å². The van der Waals surface area contributed by atoms with Crippen molar-refractivity contribution in [3.63, 3.8) is 0 Å². The molecule has 268 valence electrons. The van der Waals surface area contributed by atoms with Crippen molar-refractivity contribution >= 4 is 29.8 Å². The van der Waals surface area contributed by atoms with Gasteiger partial charge in [-0.05, 0) is 61.9 Å². The van der Waals surface area contributed by atoms with Crippen LogP contribution in [0.25, 0.3) is 0 Å². The van der Waals surface area contributed by atoms with E-state index in [4.69, 9.17) is 19.9 Å². The fourth-order valence-electron chi connectivity index (χ4n) is 4.77. The number of rotatable bonds is 17. The zero-order chi connectivity index (χ0) is 36.7. The smallest absolute Gasteiger partial charge is 0.408 e. The Bertz CT molecular complexity index is 1560. The van der Waals surface area contributed by atoms with Crippen LogP contribution in [0.5, 0.6) is 5.75 Å². The molecule has 3 atom stereocenters. The van der Waals surface area contributed by atoms with Gasteiger partial charge < -0.3 is 35.9 Å². The number of nitrogens with two attached hydrogens (primary N) is 1. The highest BCUT2D eigenvalue weighted by molar-refractivity contribution is 5.94. The molecular formula is C38H48N4O8. The molecule has 0 aliphatic heterocycles. The number of esters is 1. The number of nitrogens with one attached hydrogen (secondary N) is 3. The largest absolute Gasteiger partial charge is 0.489 e. The van der Waals surface area contributed by atoms with E-state index in [2.05, 4.69) is 16.0 Å². The number of carbonyl (C=O) groups is 5. The molecule has 0 aliphatic rings. The van der Waals surface area contributed by atoms with Crippen molar-refractivity contribution in [3.8, 4) is 5.75 Å². The van der Waals surface area contributed by atoms with Crippen LogP contribution < -0.4 is 26.4 Å². The van der Waals surface area contributed by atoms with Gasteiger partial charge in [0.2, 0.25) is 17.7 Å². The van der Waals surface area contributed by atoms with Crippen LogP contribution in [-0.2, 0) is 48.3 Å². The van der Waals surface area contributed by atoms with Gasteiger partial charge in [-0.1, -0.05) is 86.6 Å². The number of benzene rings is 3. The standard InChI is InChI=1S/C38H48N4O8/c1-25(2)33(36(46)40-30(34(39)44)20-21-32(43)49-24-28-14-10-7-11-15-28)42-35(45)31(41-37(47)50-38(3,4)5)22-26-16-18-29(19-17-26)48-23-27-12-8-6-9-13-27/h6-19,25,30-31,33H,20-24H2,1-5H3,(H2,39,44)(H,40,46)(H,41,47)(H,42,45)/t30-,31-,33-/m0/s1. The predicted octanol–water partition coefficient (Wildman–Crippen LogP) is 4.34. The van der Waals surface area contributed by atoms with Crippen LogP contribution in [0.15, 0.2) is 84.9 Å². The highest BCUT2D eigenvalue weighted by Crippen LogP contribution is 2.17. The Hall–Kier alpha value is -5.39. The van der Waals surface area contributed by atoms with Crippen molar-refractivity contribution in [1.82, 2.24) is 16.0 Å². The van der Waals surface area contributed by atoms with Crippen LogP contribution in [0, 0.1) is 5.92 Å². The zero-order valence-electron chi connectivity index (χ0n) is 29.3. The molecule has 4 amide bonds. The Morgan fingerprint density at radius 1 is 0.700 bits per heavy atom. The van der Waals surface area contributed by atoms with Gasteiger partial charge in [-0.2, -0.15) is 0 Å². The molecule has 5 N–H and O–H groups in total. The molecule has 12 nitrogen and oxygen atoms in total. The lowest BCUT2D eigenvalue weighted by atomic mass is 10.00. The van der Waals surface area contributed by atoms with Crippen LogP contribution in [0.3, 0.4) is 0 Å². The topological polar surface area (TPSA) is 175 Å². The summed E-state index contributed by atoms with van der Waals surface area (Å²) in [4.78, 5) is 64.4. The summed E-state index contributed by atoms with van der Waals surface area (Å²) in [5, 5.41) is 7.89. The average molecular weight is 689 g/mol. The normalized spacial score (nSPS) is 12.9. The molecule has 0 radical (unpaired) electrons. The second kappa shape index (κ2) is 19.0. The molecule has 3 aromatic rings. The third kappa shape index (κ3) is 14.0. The zero-order valence-corrected chi connectivity index (χ0v) is 29.3. The first-order valence-electron chi connectivity index (χ1n) is 16.5. The van der Waals surface area contributed by atoms with Gasteiger partial charge in [0.1, 0.15) is 42.7 Å². The molecule has 0 aromatic heterocycles. The number of alkyl carbamates (subject to hydrolysis) is 1. The number of primary amides is 1. The monoisotopic (exact) mass is 688 g/mol. The van der Waals surface area contributed by atoms with E-state index in [1.54, 1.807) is 58.9 Å². The van der Waals surface area contributed by atoms with Gasteiger partial charge in [0.05, 0.1) is 0 Å². The van der Waals surface area contributed by atoms with Crippen molar-refractivity contribution in [2.75, 3.05) is 0 Å². The Labute approximate surface area is 293 Å². The fourth-order valence-corrected chi connectivity index (χ4v) is 4.77. The van der Waals surface area contributed by atoms with Crippen LogP contribution in [0.2, 0.25) is 0 Å². The molecule has 0 saturated heterocycles. The van der Waals surface area contributed by atoms with E-state index in [-0.39, 0.29) is 25.9 Å². The average Bonchev–Trinajstić information content (AvgIpc) is 3.07. The highest BCUT2D eigenvalue weighted by Gasteiger charge is 2.32. The SMILES string of the molecule is CC(C)[C@H](NC(=O)[C@H](Cc1ccc(OCc2ccccc2)cc1)NC(=O)OC(C)(C)C)C(=O)N[C@@H](CCC(=O)OCc1ccccc1)C(N)=O. The summed E-state index contributed by atoms with van der Waals surface area (Å²) in [7, 11) is 0. The van der Waals surface area contributed by atoms with Crippen LogP contribution >= 0.6 is 0 Å². The Kier molecular flexibility index (Phi) is 14.8. The van der Waals surface area contributed by atoms with E-state index in [9.17, 15) is 24.0 Å². The molecule has 0 fully saturated rings. The third-order valence-electron chi connectivity index (χ3n) is 7.41. The molecule has 0 heterocycles. The number of ether oxygens (including phenoxy) is 3. The maximum absolute atomic E-state index is 13.7.